The molecule has 282 valence electrons. The van der Waals surface area contributed by atoms with E-state index in [9.17, 15) is 8.22 Å². The van der Waals surface area contributed by atoms with Crippen LogP contribution in [-0.2, 0) is 0 Å². The summed E-state index contributed by atoms with van der Waals surface area (Å²) in [7, 11) is -5.14. The Morgan fingerprint density at radius 2 is 1.32 bits per heavy atom. The van der Waals surface area contributed by atoms with E-state index in [0.717, 1.165) is 62.0 Å². The third kappa shape index (κ3) is 4.90. The summed E-state index contributed by atoms with van der Waals surface area (Å²) in [5.41, 5.74) is 10.5. The first kappa shape index (κ1) is 24.4. The van der Waals surface area contributed by atoms with Gasteiger partial charge >= 0.3 is 5.84 Å². The highest BCUT2D eigenvalue weighted by Gasteiger charge is 2.38. The Morgan fingerprint density at radius 3 is 2.15 bits per heavy atom. The molecule has 59 heavy (non-hydrogen) atoms. The Hall–Kier alpha value is -6.47. The van der Waals surface area contributed by atoms with Gasteiger partial charge in [0.25, 0.3) is 0 Å². The fourth-order valence-corrected chi connectivity index (χ4v) is 13.5. The molecular weight excluding hydrogens is 755 g/mol. The van der Waals surface area contributed by atoms with Crippen LogP contribution in [0.15, 0.2) is 160 Å². The highest BCUT2D eigenvalue weighted by Crippen LogP contribution is 2.50. The SMILES string of the molecule is [2H]C([2H])([2H])c1cc2c(cc1-c1c(C([2H])([2H])[2H])ccc3c1oc1nc4ccccc4n13)[Si](C([2H])([2H])[2H])(C([2H])([2H])[2H])c1ccc(C)c(-c3ccc4c(c3)-c3ccccc3-c3ncccc3-c3ccccc3-4)c1S2. The molecule has 0 saturated heterocycles. The topological polar surface area (TPSA) is 43.3 Å². The van der Waals surface area contributed by atoms with Crippen LogP contribution in [0.5, 0.6) is 0 Å². The van der Waals surface area contributed by atoms with Crippen molar-refractivity contribution in [3.05, 3.63) is 162 Å². The van der Waals surface area contributed by atoms with E-state index in [1.807, 2.05) is 67.6 Å². The number of oxazole rings is 1. The van der Waals surface area contributed by atoms with Crippen molar-refractivity contribution in [2.24, 2.45) is 0 Å². The average molecular weight is 806 g/mol. The summed E-state index contributed by atoms with van der Waals surface area (Å²) in [5.74, 6) is 0.127. The standard InChI is InChI=1S/C53H39N3OSSi/c1-30-21-25-46-52(48(30)33-22-23-37-34-13-6-7-14-35(34)39-17-12-26-54-50(39)38-16-9-8-15-36(38)41(37)28-33)58-45-27-32(3)40(29-47(45)59(46,4)5)49-31(2)20-24-44-51(49)57-53-55-42-18-10-11-19-43(42)56(44)53/h6-29H,1-5H3/i2D3,3D3,4D3,5D3. The average Bonchev–Trinajstić information content (AvgIpc) is 3.87. The molecule has 0 spiro atoms. The molecule has 0 unspecified atom stereocenters. The van der Waals surface area contributed by atoms with Crippen LogP contribution < -0.4 is 10.4 Å². The third-order valence-electron chi connectivity index (χ3n) is 12.0. The van der Waals surface area contributed by atoms with Crippen LogP contribution in [0, 0.1) is 20.6 Å². The van der Waals surface area contributed by atoms with Crippen molar-refractivity contribution in [3.8, 4) is 66.9 Å². The van der Waals surface area contributed by atoms with E-state index in [0.29, 0.717) is 32.6 Å². The van der Waals surface area contributed by atoms with E-state index >= 15 is 0 Å². The minimum Gasteiger partial charge on any atom is -0.422 e. The first-order valence-electron chi connectivity index (χ1n) is 25.3. The molecule has 0 N–H and O–H groups in total. The van der Waals surface area contributed by atoms with Gasteiger partial charge in [0.15, 0.2) is 5.58 Å². The zero-order valence-corrected chi connectivity index (χ0v) is 33.3. The molecule has 0 radical (unpaired) electrons. The van der Waals surface area contributed by atoms with Crippen LogP contribution in [0.25, 0.3) is 94.9 Å². The predicted molar refractivity (Wildman–Crippen MR) is 248 cm³/mol. The number of rotatable bonds is 2. The predicted octanol–water partition coefficient (Wildman–Crippen LogP) is 13.2. The molecule has 1 aliphatic carbocycles. The second-order valence-electron chi connectivity index (χ2n) is 15.3. The van der Waals surface area contributed by atoms with Crippen molar-refractivity contribution in [1.82, 2.24) is 14.4 Å². The number of hydrogen-bond acceptors (Lipinski definition) is 4. The maximum atomic E-state index is 9.44. The molecule has 2 aliphatic rings. The molecule has 0 amide bonds. The van der Waals surface area contributed by atoms with Gasteiger partial charge in [-0.15, -0.1) is 0 Å². The molecule has 0 bridgehead atoms. The summed E-state index contributed by atoms with van der Waals surface area (Å²) in [4.78, 5) is 10.1. The largest absolute Gasteiger partial charge is 0.422 e. The highest BCUT2D eigenvalue weighted by molar-refractivity contribution is 8.00. The summed E-state index contributed by atoms with van der Waals surface area (Å²) in [5, 5.41) is 0.106. The van der Waals surface area contributed by atoms with E-state index in [1.165, 1.54) is 18.2 Å². The van der Waals surface area contributed by atoms with Crippen molar-refractivity contribution < 1.29 is 20.9 Å². The van der Waals surface area contributed by atoms with Gasteiger partial charge in [0.2, 0.25) is 0 Å². The van der Waals surface area contributed by atoms with E-state index in [-0.39, 0.29) is 48.9 Å². The van der Waals surface area contributed by atoms with Gasteiger partial charge in [0.1, 0.15) is 8.07 Å². The maximum Gasteiger partial charge on any atom is 0.307 e. The quantitative estimate of drug-likeness (QED) is 0.163. The van der Waals surface area contributed by atoms with Gasteiger partial charge in [-0.05, 0) is 129 Å². The molecular formula is C53H39N3OSSi. The van der Waals surface area contributed by atoms with E-state index in [1.54, 1.807) is 34.9 Å². The Kier molecular flexibility index (Phi) is 5.19. The molecule has 3 aromatic heterocycles. The van der Waals surface area contributed by atoms with E-state index in [2.05, 4.69) is 41.4 Å². The second-order valence-corrected chi connectivity index (χ2v) is 18.9. The lowest BCUT2D eigenvalue weighted by atomic mass is 9.81. The van der Waals surface area contributed by atoms with E-state index in [4.69, 9.17) is 17.6 Å². The minimum absolute atomic E-state index is 0.0107. The number of para-hydroxylation sites is 2. The van der Waals surface area contributed by atoms with Crippen molar-refractivity contribution >= 4 is 58.2 Å². The number of nitrogens with zero attached hydrogens (tertiary/aromatic N) is 3. The van der Waals surface area contributed by atoms with Crippen molar-refractivity contribution in [2.45, 2.75) is 43.4 Å². The summed E-state index contributed by atoms with van der Waals surface area (Å²) >= 11 is 1.14. The smallest absolute Gasteiger partial charge is 0.307 e. The van der Waals surface area contributed by atoms with Gasteiger partial charge in [-0.3, -0.25) is 9.38 Å². The molecule has 0 fully saturated rings. The van der Waals surface area contributed by atoms with Crippen molar-refractivity contribution in [2.75, 3.05) is 0 Å². The lowest BCUT2D eigenvalue weighted by Crippen LogP contribution is -2.56. The highest BCUT2D eigenvalue weighted by atomic mass is 32.2. The van der Waals surface area contributed by atoms with Crippen molar-refractivity contribution in [1.29, 1.82) is 0 Å². The van der Waals surface area contributed by atoms with Crippen LogP contribution in [0.2, 0.25) is 13.0 Å². The third-order valence-corrected chi connectivity index (χ3v) is 16.0. The van der Waals surface area contributed by atoms with Crippen LogP contribution in [0.3, 0.4) is 0 Å². The molecule has 7 aromatic carbocycles. The first-order chi connectivity index (χ1) is 33.7. The second kappa shape index (κ2) is 12.5. The molecule has 6 heteroatoms. The fraction of sp³-hybridized carbons (Fsp3) is 0.0943. The number of hydrogen-bond donors (Lipinski definition) is 0. The van der Waals surface area contributed by atoms with Gasteiger partial charge in [-0.2, -0.15) is 4.98 Å². The zero-order chi connectivity index (χ0) is 49.7. The van der Waals surface area contributed by atoms with Gasteiger partial charge in [-0.25, -0.2) is 0 Å². The summed E-state index contributed by atoms with van der Waals surface area (Å²) in [6, 6.07) is 42.7. The maximum absolute atomic E-state index is 9.44. The molecule has 4 heterocycles. The Morgan fingerprint density at radius 1 is 0.593 bits per heavy atom. The Balaban J connectivity index is 1.15. The number of fused-ring (bicyclic) bond motifs is 15. The Labute approximate surface area is 365 Å². The molecule has 0 atom stereocenters. The van der Waals surface area contributed by atoms with Gasteiger partial charge in [0, 0.05) is 49.1 Å². The van der Waals surface area contributed by atoms with Crippen LogP contribution in [-0.4, -0.2) is 22.4 Å². The summed E-state index contributed by atoms with van der Waals surface area (Å²) < 4.78 is 118. The number of aromatic nitrogens is 3. The molecule has 4 nitrogen and oxygen atoms in total. The van der Waals surface area contributed by atoms with Crippen molar-refractivity contribution in [3.63, 3.8) is 0 Å². The fourth-order valence-electron chi connectivity index (χ4n) is 9.25. The molecule has 12 rings (SSSR count). The lowest BCUT2D eigenvalue weighted by Gasteiger charge is -2.35. The molecule has 10 aromatic rings. The van der Waals surface area contributed by atoms with Gasteiger partial charge in [-0.1, -0.05) is 128 Å². The van der Waals surface area contributed by atoms with Crippen LogP contribution in [0.4, 0.5) is 0 Å². The van der Waals surface area contributed by atoms with Crippen LogP contribution >= 0.6 is 11.8 Å². The summed E-state index contributed by atoms with van der Waals surface area (Å²) in [6.07, 6.45) is 1.78. The van der Waals surface area contributed by atoms with Gasteiger partial charge < -0.3 is 4.42 Å². The summed E-state index contributed by atoms with van der Waals surface area (Å²) in [6.45, 7) is -10.1. The molecule has 0 saturated carbocycles. The number of aryl methyl sites for hydroxylation is 3. The minimum atomic E-state index is -5.14. The zero-order valence-electron chi connectivity index (χ0n) is 43.5. The van der Waals surface area contributed by atoms with Crippen LogP contribution in [0.1, 0.15) is 33.1 Å². The van der Waals surface area contributed by atoms with Gasteiger partial charge in [0.05, 0.1) is 22.2 Å². The number of pyridine rings is 1. The molecule has 1 aliphatic heterocycles. The van der Waals surface area contributed by atoms with E-state index < -0.39 is 34.7 Å². The monoisotopic (exact) mass is 805 g/mol. The lowest BCUT2D eigenvalue weighted by molar-refractivity contribution is 0.644. The number of benzene rings is 7. The first-order valence-corrected chi connectivity index (χ1v) is 22.1. The normalized spacial score (nSPS) is 17.4. The number of imidazole rings is 1. The Bertz CT molecular complexity index is 3880.